The van der Waals surface area contributed by atoms with Crippen molar-refractivity contribution < 1.29 is 18.7 Å². The van der Waals surface area contributed by atoms with E-state index in [2.05, 4.69) is 15.3 Å². The number of aromatic nitrogens is 3. The molecule has 44 heavy (non-hydrogen) atoms. The van der Waals surface area contributed by atoms with Gasteiger partial charge in [-0.2, -0.15) is 0 Å². The average molecular weight is 623 g/mol. The van der Waals surface area contributed by atoms with Crippen LogP contribution in [0.25, 0.3) is 27.7 Å². The Hall–Kier alpha value is -4.09. The van der Waals surface area contributed by atoms with E-state index in [1.165, 1.54) is 41.0 Å². The first-order valence-corrected chi connectivity index (χ1v) is 14.9. The van der Waals surface area contributed by atoms with Gasteiger partial charge in [0.15, 0.2) is 5.82 Å². The number of piperazine rings is 1. The number of aromatic hydroxyl groups is 1. The van der Waals surface area contributed by atoms with Crippen molar-refractivity contribution in [3.8, 4) is 22.6 Å². The first-order chi connectivity index (χ1) is 20.8. The number of nitrogens with zero attached hydrogens (tertiary/aromatic N) is 5. The fourth-order valence-electron chi connectivity index (χ4n) is 6.43. The molecule has 1 fully saturated rings. The number of likely N-dealkylation sites (N-methyl/N-ethyl adjacent to an activating group) is 1. The third kappa shape index (κ3) is 4.35. The molecule has 2 aromatic heterocycles. The van der Waals surface area contributed by atoms with Crippen molar-refractivity contribution in [2.45, 2.75) is 58.5 Å². The number of fused-ring (bicyclic) bond motifs is 5. The maximum atomic E-state index is 17.3. The number of benzene rings is 2. The minimum Gasteiger partial charge on any atom is -0.507 e. The quantitative estimate of drug-likeness (QED) is 0.311. The van der Waals surface area contributed by atoms with Gasteiger partial charge in [0.05, 0.1) is 38.9 Å². The Kier molecular flexibility index (Phi) is 7.36. The lowest BCUT2D eigenvalue weighted by molar-refractivity contribution is -0.120. The average Bonchev–Trinajstić information content (AvgIpc) is 2.96. The molecule has 0 unspecified atom stereocenters. The zero-order valence-corrected chi connectivity index (χ0v) is 26.0. The largest absolute Gasteiger partial charge is 0.507 e. The number of anilines is 2. The first-order valence-electron chi connectivity index (χ1n) is 14.6. The number of rotatable bonds is 4. The van der Waals surface area contributed by atoms with Gasteiger partial charge >= 0.3 is 0 Å². The second kappa shape index (κ2) is 10.8. The fourth-order valence-corrected chi connectivity index (χ4v) is 6.72. The van der Waals surface area contributed by atoms with Gasteiger partial charge in [0.1, 0.15) is 29.6 Å². The molecule has 6 rings (SSSR count). The van der Waals surface area contributed by atoms with Crippen LogP contribution in [-0.4, -0.2) is 57.8 Å². The molecular weight excluding hydrogens is 590 g/mol. The van der Waals surface area contributed by atoms with E-state index in [9.17, 15) is 14.7 Å². The minimum atomic E-state index is -1.000. The number of phenolic OH excluding ortho intramolecular Hbond substituents is 1. The third-order valence-electron chi connectivity index (χ3n) is 8.48. The molecule has 4 heterocycles. The molecule has 0 radical (unpaired) electrons. The molecule has 1 amide bonds. The predicted octanol–water partition coefficient (Wildman–Crippen LogP) is 5.47. The summed E-state index contributed by atoms with van der Waals surface area (Å²) in [7, 11) is 1.53. The number of phenols is 1. The number of hydrogen-bond donors (Lipinski definition) is 2. The topological polar surface area (TPSA) is 104 Å². The number of hydrogen-bond acceptors (Lipinski definition) is 7. The monoisotopic (exact) mass is 622 g/mol. The molecule has 0 saturated carbocycles. The Balaban J connectivity index is 1.88. The van der Waals surface area contributed by atoms with Crippen LogP contribution in [-0.2, 0) is 4.79 Å². The van der Waals surface area contributed by atoms with Crippen molar-refractivity contribution in [2.24, 2.45) is 0 Å². The molecule has 0 aliphatic carbocycles. The van der Waals surface area contributed by atoms with E-state index in [1.807, 2.05) is 39.5 Å². The molecule has 2 aromatic carbocycles. The highest BCUT2D eigenvalue weighted by molar-refractivity contribution is 6.35. The molecule has 2 aliphatic heterocycles. The zero-order valence-electron chi connectivity index (χ0n) is 25.2. The first kappa shape index (κ1) is 30.0. The molecule has 2 aliphatic rings. The van der Waals surface area contributed by atoms with Gasteiger partial charge in [0, 0.05) is 37.1 Å². The van der Waals surface area contributed by atoms with Crippen LogP contribution >= 0.6 is 11.6 Å². The van der Waals surface area contributed by atoms with Crippen molar-refractivity contribution >= 4 is 39.8 Å². The van der Waals surface area contributed by atoms with Crippen LogP contribution < -0.4 is 20.7 Å². The highest BCUT2D eigenvalue weighted by Crippen LogP contribution is 2.47. The van der Waals surface area contributed by atoms with E-state index in [4.69, 9.17) is 11.6 Å². The number of nitrogens with one attached hydrogen (secondary N) is 1. The van der Waals surface area contributed by atoms with Crippen molar-refractivity contribution in [2.75, 3.05) is 29.9 Å². The van der Waals surface area contributed by atoms with Crippen LogP contribution in [0.5, 0.6) is 5.75 Å². The molecule has 1 saturated heterocycles. The maximum absolute atomic E-state index is 17.3. The normalized spacial score (nSPS) is 18.4. The van der Waals surface area contributed by atoms with Gasteiger partial charge in [-0.05, 0) is 37.0 Å². The van der Waals surface area contributed by atoms with E-state index in [-0.39, 0.29) is 56.6 Å². The Bertz CT molecular complexity index is 1860. The summed E-state index contributed by atoms with van der Waals surface area (Å²) in [5.74, 6) is -3.07. The second-order valence-electron chi connectivity index (χ2n) is 12.1. The molecule has 2 atom stereocenters. The van der Waals surface area contributed by atoms with Gasteiger partial charge in [-0.3, -0.25) is 14.2 Å². The SMILES string of the molecule is CC(C)c1ncnc(C(C)C)c1-n1c(=O)c2c(c3cc(Cl)c(-c4c(O)cccc4F)c(F)c31)N1C[C@@H](C)NC[C@@H]1C(=O)N2C. The number of halogens is 3. The Morgan fingerprint density at radius 1 is 1.02 bits per heavy atom. The third-order valence-corrected chi connectivity index (χ3v) is 8.78. The molecule has 230 valence electrons. The van der Waals surface area contributed by atoms with Gasteiger partial charge < -0.3 is 20.2 Å². The number of amides is 1. The molecule has 0 spiro atoms. The van der Waals surface area contributed by atoms with Crippen LogP contribution in [0, 0.1) is 11.6 Å². The minimum absolute atomic E-state index is 0.0367. The lowest BCUT2D eigenvalue weighted by atomic mass is 9.95. The standard InChI is InChI=1S/C32H33ClF2N6O3/c1-14(2)25-29(26(15(3)4)38-13-37-25)41-27-17(10-18(33)22(24(27)35)23-19(34)8-7-9-21(23)42)28-30(32(41)44)39(6)31(43)20-11-36-16(5)12-40(20)28/h7-10,13-16,20,36,42H,11-12H2,1-6H3/t16-,20-/m1/s1. The van der Waals surface area contributed by atoms with E-state index in [1.54, 1.807) is 0 Å². The van der Waals surface area contributed by atoms with E-state index < -0.39 is 34.5 Å². The Labute approximate surface area is 258 Å². The Morgan fingerprint density at radius 2 is 1.68 bits per heavy atom. The molecule has 2 N–H and O–H groups in total. The van der Waals surface area contributed by atoms with Crippen molar-refractivity contribution in [1.82, 2.24) is 19.9 Å². The predicted molar refractivity (Wildman–Crippen MR) is 167 cm³/mol. The van der Waals surface area contributed by atoms with E-state index in [0.717, 1.165) is 6.07 Å². The summed E-state index contributed by atoms with van der Waals surface area (Å²) in [6.07, 6.45) is 1.41. The summed E-state index contributed by atoms with van der Waals surface area (Å²) in [4.78, 5) is 40.7. The van der Waals surface area contributed by atoms with E-state index in [0.29, 0.717) is 30.2 Å². The summed E-state index contributed by atoms with van der Waals surface area (Å²) >= 11 is 6.76. The number of pyridine rings is 1. The van der Waals surface area contributed by atoms with Crippen LogP contribution in [0.3, 0.4) is 0 Å². The smallest absolute Gasteiger partial charge is 0.281 e. The maximum Gasteiger partial charge on any atom is 0.281 e. The van der Waals surface area contributed by atoms with E-state index >= 15 is 8.78 Å². The molecule has 12 heteroatoms. The summed E-state index contributed by atoms with van der Waals surface area (Å²) in [6, 6.07) is 4.45. The molecule has 0 bridgehead atoms. The summed E-state index contributed by atoms with van der Waals surface area (Å²) < 4.78 is 33.8. The highest BCUT2D eigenvalue weighted by Gasteiger charge is 2.43. The number of carbonyl (C=O) groups is 1. The van der Waals surface area contributed by atoms with Gasteiger partial charge in [-0.15, -0.1) is 0 Å². The lowest BCUT2D eigenvalue weighted by Crippen LogP contribution is -2.64. The van der Waals surface area contributed by atoms with Gasteiger partial charge in [-0.1, -0.05) is 45.4 Å². The van der Waals surface area contributed by atoms with Crippen LogP contribution in [0.1, 0.15) is 57.8 Å². The van der Waals surface area contributed by atoms with Gasteiger partial charge in [0.2, 0.25) is 0 Å². The highest BCUT2D eigenvalue weighted by atomic mass is 35.5. The van der Waals surface area contributed by atoms with Crippen LogP contribution in [0.15, 0.2) is 35.4 Å². The summed E-state index contributed by atoms with van der Waals surface area (Å²) in [5.41, 5.74) is 0.0640. The number of carbonyl (C=O) groups excluding carboxylic acids is 1. The van der Waals surface area contributed by atoms with Gasteiger partial charge in [-0.25, -0.2) is 18.7 Å². The van der Waals surface area contributed by atoms with Crippen molar-refractivity contribution in [3.63, 3.8) is 0 Å². The second-order valence-corrected chi connectivity index (χ2v) is 12.5. The molecule has 4 aromatic rings. The van der Waals surface area contributed by atoms with Crippen LogP contribution in [0.2, 0.25) is 5.02 Å². The lowest BCUT2D eigenvalue weighted by Gasteiger charge is -2.46. The zero-order chi connectivity index (χ0) is 31.8. The van der Waals surface area contributed by atoms with Crippen molar-refractivity contribution in [3.05, 3.63) is 69.0 Å². The van der Waals surface area contributed by atoms with Crippen LogP contribution in [0.4, 0.5) is 20.2 Å². The van der Waals surface area contributed by atoms with Crippen molar-refractivity contribution in [1.29, 1.82) is 0 Å². The van der Waals surface area contributed by atoms with Gasteiger partial charge in [0.25, 0.3) is 11.5 Å². The summed E-state index contributed by atoms with van der Waals surface area (Å²) in [5, 5.41) is 14.1. The fraction of sp³-hybridized carbons (Fsp3) is 0.375. The molecule has 9 nitrogen and oxygen atoms in total. The Morgan fingerprint density at radius 3 is 2.30 bits per heavy atom. The summed E-state index contributed by atoms with van der Waals surface area (Å²) in [6.45, 7) is 10.3. The molecular formula is C32H33ClF2N6O3.